The van der Waals surface area contributed by atoms with Crippen LogP contribution in [-0.4, -0.2) is 37.9 Å². The van der Waals surface area contributed by atoms with Crippen LogP contribution >= 0.6 is 35.0 Å². The first-order chi connectivity index (χ1) is 16.6. The molecule has 35 heavy (non-hydrogen) atoms. The Labute approximate surface area is 214 Å². The van der Waals surface area contributed by atoms with Gasteiger partial charge in [0.1, 0.15) is 0 Å². The molecule has 2 aromatic carbocycles. The highest BCUT2D eigenvalue weighted by Gasteiger charge is 2.36. The Morgan fingerprint density at radius 1 is 1.06 bits per heavy atom. The summed E-state index contributed by atoms with van der Waals surface area (Å²) >= 11 is 12.9. The molecule has 3 aromatic rings. The minimum atomic E-state index is -0.575. The molecular formula is C24H17Cl2N3O5S. The van der Waals surface area contributed by atoms with Gasteiger partial charge in [0.05, 0.1) is 26.4 Å². The summed E-state index contributed by atoms with van der Waals surface area (Å²) in [5, 5.41) is 11.1. The Morgan fingerprint density at radius 2 is 1.74 bits per heavy atom. The first-order valence-corrected chi connectivity index (χ1v) is 11.8. The number of nitro benzene ring substituents is 1. The maximum atomic E-state index is 12.9. The summed E-state index contributed by atoms with van der Waals surface area (Å²) in [5.41, 5.74) is 3.27. The number of ketones is 1. The second-order valence-corrected chi connectivity index (χ2v) is 9.56. The molecule has 2 heterocycles. The number of amides is 2. The molecule has 0 saturated carbocycles. The van der Waals surface area contributed by atoms with Crippen LogP contribution in [0.25, 0.3) is 11.8 Å². The Kier molecular flexibility index (Phi) is 6.84. The third-order valence-electron chi connectivity index (χ3n) is 5.49. The van der Waals surface area contributed by atoms with Crippen molar-refractivity contribution < 1.29 is 19.3 Å². The molecule has 0 bridgehead atoms. The molecule has 2 amide bonds. The Hall–Kier alpha value is -3.40. The second-order valence-electron chi connectivity index (χ2n) is 7.76. The van der Waals surface area contributed by atoms with Crippen LogP contribution in [0.4, 0.5) is 10.5 Å². The van der Waals surface area contributed by atoms with E-state index in [-0.39, 0.29) is 16.2 Å². The molecule has 8 nitrogen and oxygen atoms in total. The van der Waals surface area contributed by atoms with Gasteiger partial charge in [-0.15, -0.1) is 0 Å². The van der Waals surface area contributed by atoms with Gasteiger partial charge in [-0.3, -0.25) is 29.4 Å². The number of aromatic nitrogens is 1. The third-order valence-corrected chi connectivity index (χ3v) is 7.14. The summed E-state index contributed by atoms with van der Waals surface area (Å²) in [4.78, 5) is 49.3. The molecule has 1 aromatic heterocycles. The van der Waals surface area contributed by atoms with Gasteiger partial charge >= 0.3 is 0 Å². The largest absolute Gasteiger partial charge is 0.318 e. The lowest BCUT2D eigenvalue weighted by Crippen LogP contribution is -2.33. The first-order valence-electron chi connectivity index (χ1n) is 10.2. The third kappa shape index (κ3) is 4.88. The predicted molar refractivity (Wildman–Crippen MR) is 135 cm³/mol. The van der Waals surface area contributed by atoms with Crippen LogP contribution in [0.5, 0.6) is 0 Å². The number of imide groups is 1. The predicted octanol–water partition coefficient (Wildman–Crippen LogP) is 6.23. The lowest BCUT2D eigenvalue weighted by Gasteiger charge is -2.11. The zero-order chi connectivity index (χ0) is 25.4. The van der Waals surface area contributed by atoms with Gasteiger partial charge in [0, 0.05) is 34.8 Å². The molecule has 0 radical (unpaired) electrons. The number of nitro groups is 1. The van der Waals surface area contributed by atoms with Crippen LogP contribution in [0.1, 0.15) is 27.3 Å². The zero-order valence-corrected chi connectivity index (χ0v) is 20.8. The maximum Gasteiger partial charge on any atom is 0.293 e. The van der Waals surface area contributed by atoms with Gasteiger partial charge < -0.3 is 4.57 Å². The number of halogens is 2. The molecule has 1 aliphatic rings. The van der Waals surface area contributed by atoms with E-state index in [4.69, 9.17) is 23.2 Å². The Balaban J connectivity index is 1.56. The highest BCUT2D eigenvalue weighted by Crippen LogP contribution is 2.34. The number of hydrogen-bond acceptors (Lipinski definition) is 6. The molecule has 0 N–H and O–H groups in total. The molecule has 0 aliphatic carbocycles. The SMILES string of the molecule is Cc1cc(/C=C2\SC(=O)N(CC(=O)c3ccc([N+](=O)[O-])cc3)C2=O)c(C)n1-c1ccc(Cl)c(Cl)c1. The van der Waals surface area contributed by atoms with E-state index in [1.165, 1.54) is 24.3 Å². The average molecular weight is 530 g/mol. The molecule has 0 unspecified atom stereocenters. The number of hydrogen-bond donors (Lipinski definition) is 0. The highest BCUT2D eigenvalue weighted by molar-refractivity contribution is 8.18. The van der Waals surface area contributed by atoms with Crippen molar-refractivity contribution in [2.24, 2.45) is 0 Å². The molecule has 1 fully saturated rings. The minimum absolute atomic E-state index is 0.158. The van der Waals surface area contributed by atoms with E-state index < -0.39 is 28.4 Å². The van der Waals surface area contributed by atoms with E-state index in [1.807, 2.05) is 30.5 Å². The van der Waals surface area contributed by atoms with E-state index in [0.29, 0.717) is 10.0 Å². The number of carbonyl (C=O) groups excluding carboxylic acids is 3. The lowest BCUT2D eigenvalue weighted by atomic mass is 10.1. The molecule has 1 aliphatic heterocycles. The van der Waals surface area contributed by atoms with Gasteiger partial charge in [0.25, 0.3) is 16.8 Å². The van der Waals surface area contributed by atoms with Crippen molar-refractivity contribution in [3.8, 4) is 5.69 Å². The number of non-ortho nitro benzene ring substituents is 1. The van der Waals surface area contributed by atoms with Gasteiger partial charge in [-0.05, 0) is 73.6 Å². The summed E-state index contributed by atoms with van der Waals surface area (Å²) in [7, 11) is 0. The van der Waals surface area contributed by atoms with Crippen molar-refractivity contribution in [1.82, 2.24) is 9.47 Å². The van der Waals surface area contributed by atoms with Crippen molar-refractivity contribution in [1.29, 1.82) is 0 Å². The van der Waals surface area contributed by atoms with Gasteiger partial charge in [-0.2, -0.15) is 0 Å². The van der Waals surface area contributed by atoms with Crippen LogP contribution in [0.3, 0.4) is 0 Å². The number of carbonyl (C=O) groups is 3. The van der Waals surface area contributed by atoms with Crippen LogP contribution in [-0.2, 0) is 4.79 Å². The molecule has 1 saturated heterocycles. The van der Waals surface area contributed by atoms with Crippen LogP contribution < -0.4 is 0 Å². The fourth-order valence-electron chi connectivity index (χ4n) is 3.74. The number of rotatable bonds is 6. The summed E-state index contributed by atoms with van der Waals surface area (Å²) in [5.74, 6) is -1.07. The molecule has 4 rings (SSSR count). The van der Waals surface area contributed by atoms with Crippen LogP contribution in [0.2, 0.25) is 10.0 Å². The topological polar surface area (TPSA) is 103 Å². The average Bonchev–Trinajstić information content (AvgIpc) is 3.24. The number of thioether (sulfide) groups is 1. The van der Waals surface area contributed by atoms with Crippen molar-refractivity contribution in [2.75, 3.05) is 6.54 Å². The smallest absolute Gasteiger partial charge is 0.293 e. The van der Waals surface area contributed by atoms with E-state index in [0.717, 1.165) is 39.3 Å². The number of Topliss-reactive ketones (excluding diaryl/α,β-unsaturated/α-hetero) is 1. The fraction of sp³-hybridized carbons (Fsp3) is 0.125. The van der Waals surface area contributed by atoms with Crippen molar-refractivity contribution in [2.45, 2.75) is 13.8 Å². The van der Waals surface area contributed by atoms with Gasteiger partial charge in [0.15, 0.2) is 5.78 Å². The van der Waals surface area contributed by atoms with Gasteiger partial charge in [0.2, 0.25) is 0 Å². The monoisotopic (exact) mass is 529 g/mol. The second kappa shape index (κ2) is 9.69. The number of aryl methyl sites for hydroxylation is 1. The summed E-state index contributed by atoms with van der Waals surface area (Å²) in [6.45, 7) is 3.33. The minimum Gasteiger partial charge on any atom is -0.318 e. The highest BCUT2D eigenvalue weighted by atomic mass is 35.5. The van der Waals surface area contributed by atoms with Crippen LogP contribution in [0, 0.1) is 24.0 Å². The zero-order valence-electron chi connectivity index (χ0n) is 18.5. The first kappa shape index (κ1) is 24.7. The van der Waals surface area contributed by atoms with E-state index in [1.54, 1.807) is 18.2 Å². The van der Waals surface area contributed by atoms with E-state index in [9.17, 15) is 24.5 Å². The molecule has 0 atom stereocenters. The fourth-order valence-corrected chi connectivity index (χ4v) is 4.86. The van der Waals surface area contributed by atoms with E-state index >= 15 is 0 Å². The molecule has 11 heteroatoms. The van der Waals surface area contributed by atoms with Gasteiger partial charge in [-0.25, -0.2) is 0 Å². The van der Waals surface area contributed by atoms with Crippen molar-refractivity contribution in [3.63, 3.8) is 0 Å². The molecular weight excluding hydrogens is 513 g/mol. The van der Waals surface area contributed by atoms with Crippen molar-refractivity contribution >= 4 is 63.7 Å². The summed E-state index contributed by atoms with van der Waals surface area (Å²) in [6, 6.07) is 12.1. The molecule has 0 spiro atoms. The van der Waals surface area contributed by atoms with E-state index in [2.05, 4.69) is 0 Å². The quantitative estimate of drug-likeness (QED) is 0.162. The normalized spacial score (nSPS) is 14.7. The lowest BCUT2D eigenvalue weighted by molar-refractivity contribution is -0.384. The summed E-state index contributed by atoms with van der Waals surface area (Å²) in [6.07, 6.45) is 1.62. The number of nitrogens with zero attached hydrogens (tertiary/aromatic N) is 3. The molecule has 178 valence electrons. The maximum absolute atomic E-state index is 12.9. The summed E-state index contributed by atoms with van der Waals surface area (Å²) < 4.78 is 1.95. The van der Waals surface area contributed by atoms with Gasteiger partial charge in [-0.1, -0.05) is 23.2 Å². The number of benzene rings is 2. The standard InChI is InChI=1S/C24H17Cl2N3O5S/c1-13-9-16(14(2)28(13)18-7-8-19(25)20(26)11-18)10-22-23(31)27(24(32)35-22)12-21(30)15-3-5-17(6-4-15)29(33)34/h3-11H,12H2,1-2H3/b22-10-. The Morgan fingerprint density at radius 3 is 2.37 bits per heavy atom. The Bertz CT molecular complexity index is 1430. The van der Waals surface area contributed by atoms with Crippen LogP contribution in [0.15, 0.2) is 53.4 Å². The van der Waals surface area contributed by atoms with Crippen molar-refractivity contribution in [3.05, 3.63) is 96.1 Å².